The maximum Gasteiger partial charge on any atom is 0.168 e. The summed E-state index contributed by atoms with van der Waals surface area (Å²) in [7, 11) is -4.74. The van der Waals surface area contributed by atoms with Gasteiger partial charge in [-0.25, -0.2) is 8.42 Å². The minimum absolute atomic E-state index is 0. The van der Waals surface area contributed by atoms with Crippen molar-refractivity contribution >= 4 is 21.7 Å². The number of benzene rings is 1. The van der Waals surface area contributed by atoms with Crippen LogP contribution in [0.2, 0.25) is 0 Å². The van der Waals surface area contributed by atoms with Crippen molar-refractivity contribution in [3.63, 3.8) is 0 Å². The van der Waals surface area contributed by atoms with E-state index in [0.717, 1.165) is 12.1 Å². The Morgan fingerprint density at radius 3 is 1.86 bits per heavy atom. The van der Waals surface area contributed by atoms with Crippen molar-refractivity contribution in [3.05, 3.63) is 36.8 Å². The average molecular weight is 326 g/mol. The van der Waals surface area contributed by atoms with Gasteiger partial charge in [0.25, 0.3) is 0 Å². The van der Waals surface area contributed by atoms with Crippen LogP contribution in [0.25, 0.3) is 0 Å². The van der Waals surface area contributed by atoms with Crippen molar-refractivity contribution in [2.45, 2.75) is 39.5 Å². The van der Waals surface area contributed by atoms with Crippen LogP contribution in [0.5, 0.6) is 0 Å². The zero-order chi connectivity index (χ0) is 16.6. The van der Waals surface area contributed by atoms with Crippen molar-refractivity contribution < 1.29 is 22.6 Å². The Kier molecular flexibility index (Phi) is 6.12. The van der Waals surface area contributed by atoms with Crippen molar-refractivity contribution in [1.29, 1.82) is 0 Å². The van der Waals surface area contributed by atoms with Crippen LogP contribution in [0, 0.1) is 18.8 Å². The monoisotopic (exact) mass is 326 g/mol. The lowest BCUT2D eigenvalue weighted by Gasteiger charge is -2.19. The molecule has 0 fully saturated rings. The number of carbonyl (C=O) groups is 2. The van der Waals surface area contributed by atoms with Crippen LogP contribution >= 0.6 is 0 Å². The quantitative estimate of drug-likeness (QED) is 0.481. The molecule has 0 saturated heterocycles. The van der Waals surface area contributed by atoms with Crippen molar-refractivity contribution in [1.82, 2.24) is 0 Å². The lowest BCUT2D eigenvalue weighted by Crippen LogP contribution is -2.21. The van der Waals surface area contributed by atoms with Gasteiger partial charge in [-0.05, 0) is 18.2 Å². The molecule has 0 unspecified atom stereocenters. The fraction of sp³-hybridized carbons (Fsp3) is 0.438. The fourth-order valence-corrected chi connectivity index (χ4v) is 2.33. The van der Waals surface area contributed by atoms with Crippen molar-refractivity contribution in [2.24, 2.45) is 11.3 Å². The van der Waals surface area contributed by atoms with Gasteiger partial charge in [0.1, 0.15) is 10.1 Å². The molecule has 1 rings (SSSR count). The van der Waals surface area contributed by atoms with Crippen LogP contribution in [0.4, 0.5) is 0 Å². The summed E-state index contributed by atoms with van der Waals surface area (Å²) in [6.45, 7) is 8.35. The molecular weight excluding hydrogens is 304 g/mol. The van der Waals surface area contributed by atoms with Gasteiger partial charge in [0.2, 0.25) is 0 Å². The van der Waals surface area contributed by atoms with Crippen LogP contribution in [-0.2, 0) is 10.1 Å². The standard InChI is InChI=1S/C15H20O5S.CH3/c1-9(2)13(16)10-6-11(14(17)15(3,4)5)8-12(7-10)21(18,19)20;/h6-9H,1-5H3,(H,18,19,20);1H3/q;+1/p-1. The van der Waals surface area contributed by atoms with Crippen LogP contribution < -0.4 is 0 Å². The molecule has 1 aromatic rings. The summed E-state index contributed by atoms with van der Waals surface area (Å²) in [4.78, 5) is 23.8. The Balaban J connectivity index is 0.00000441. The number of ketones is 2. The minimum atomic E-state index is -4.74. The maximum atomic E-state index is 12.3. The van der Waals surface area contributed by atoms with E-state index in [1.54, 1.807) is 34.6 Å². The first-order chi connectivity index (χ1) is 9.34. The predicted octanol–water partition coefficient (Wildman–Crippen LogP) is 3.11. The molecule has 0 heterocycles. The summed E-state index contributed by atoms with van der Waals surface area (Å²) in [5, 5.41) is 0. The van der Waals surface area contributed by atoms with Gasteiger partial charge in [-0.2, -0.15) is 0 Å². The van der Waals surface area contributed by atoms with Gasteiger partial charge in [0.15, 0.2) is 11.6 Å². The zero-order valence-corrected chi connectivity index (χ0v) is 14.6. The molecule has 122 valence electrons. The van der Waals surface area contributed by atoms with Gasteiger partial charge in [-0.1, -0.05) is 34.6 Å². The topological polar surface area (TPSA) is 91.3 Å². The summed E-state index contributed by atoms with van der Waals surface area (Å²) in [5.41, 5.74) is -0.624. The number of hydrogen-bond acceptors (Lipinski definition) is 5. The number of rotatable bonds is 4. The van der Waals surface area contributed by atoms with Crippen molar-refractivity contribution in [2.75, 3.05) is 0 Å². The molecule has 22 heavy (non-hydrogen) atoms. The molecule has 0 aliphatic carbocycles. The third-order valence-corrected chi connectivity index (χ3v) is 3.76. The van der Waals surface area contributed by atoms with E-state index in [2.05, 4.69) is 0 Å². The molecule has 0 aliphatic rings. The molecule has 0 atom stereocenters. The normalized spacial score (nSPS) is 12.0. The average Bonchev–Trinajstić information content (AvgIpc) is 2.34. The summed E-state index contributed by atoms with van der Waals surface area (Å²) < 4.78 is 33.7. The molecule has 6 heteroatoms. The molecule has 0 spiro atoms. The molecular formula is C16H22O5S. The van der Waals surface area contributed by atoms with Gasteiger partial charge in [-0.3, -0.25) is 9.59 Å². The van der Waals surface area contributed by atoms with Gasteiger partial charge >= 0.3 is 0 Å². The highest BCUT2D eigenvalue weighted by molar-refractivity contribution is 7.85. The highest BCUT2D eigenvalue weighted by atomic mass is 32.2. The largest absolute Gasteiger partial charge is 0.744 e. The second kappa shape index (κ2) is 6.62. The number of Topliss-reactive ketones (excluding diaryl/α,β-unsaturated/α-hetero) is 2. The van der Waals surface area contributed by atoms with Crippen LogP contribution in [0.15, 0.2) is 23.1 Å². The Bertz CT molecular complexity index is 679. The molecule has 0 saturated carbocycles. The second-order valence-corrected chi connectivity index (χ2v) is 7.68. The van der Waals surface area contributed by atoms with Crippen LogP contribution in [0.1, 0.15) is 55.3 Å². The highest BCUT2D eigenvalue weighted by Gasteiger charge is 2.25. The first-order valence-electron chi connectivity index (χ1n) is 6.54. The summed E-state index contributed by atoms with van der Waals surface area (Å²) in [6, 6.07) is 3.42. The Morgan fingerprint density at radius 2 is 1.50 bits per heavy atom. The van der Waals surface area contributed by atoms with E-state index in [9.17, 15) is 22.6 Å². The van der Waals surface area contributed by atoms with E-state index in [1.165, 1.54) is 6.07 Å². The van der Waals surface area contributed by atoms with Gasteiger partial charge in [-0.15, -0.1) is 0 Å². The molecule has 0 N–H and O–H groups in total. The fourth-order valence-electron chi connectivity index (χ4n) is 1.78. The molecule has 1 aromatic carbocycles. The zero-order valence-electron chi connectivity index (χ0n) is 13.8. The molecule has 0 aliphatic heterocycles. The van der Waals surface area contributed by atoms with E-state index in [0.29, 0.717) is 0 Å². The van der Waals surface area contributed by atoms with Crippen molar-refractivity contribution in [3.8, 4) is 0 Å². The number of carbonyl (C=O) groups excluding carboxylic acids is 2. The Labute approximate surface area is 132 Å². The molecule has 0 aromatic heterocycles. The molecule has 0 radical (unpaired) electrons. The van der Waals surface area contributed by atoms with Crippen LogP contribution in [-0.4, -0.2) is 24.5 Å². The molecule has 0 bridgehead atoms. The summed E-state index contributed by atoms with van der Waals surface area (Å²) >= 11 is 0. The van der Waals surface area contributed by atoms with Gasteiger partial charge in [0, 0.05) is 29.9 Å². The van der Waals surface area contributed by atoms with Crippen LogP contribution in [0.3, 0.4) is 0 Å². The third kappa shape index (κ3) is 4.68. The SMILES string of the molecule is CC(C)C(=O)c1cc(C(=O)C(C)(C)C)cc(S(=O)(=O)[O-])c1.[CH3+]. The summed E-state index contributed by atoms with van der Waals surface area (Å²) in [5.74, 6) is -1.01. The predicted molar refractivity (Wildman–Crippen MR) is 83.8 cm³/mol. The van der Waals surface area contributed by atoms with E-state index in [1.807, 2.05) is 0 Å². The molecule has 5 nitrogen and oxygen atoms in total. The van der Waals surface area contributed by atoms with E-state index < -0.39 is 20.4 Å². The lowest BCUT2D eigenvalue weighted by atomic mass is 9.85. The smallest absolute Gasteiger partial charge is 0.168 e. The Morgan fingerprint density at radius 1 is 1.05 bits per heavy atom. The van der Waals surface area contributed by atoms with E-state index in [-0.39, 0.29) is 36.0 Å². The first kappa shape index (κ1) is 20.3. The van der Waals surface area contributed by atoms with E-state index >= 15 is 0 Å². The minimum Gasteiger partial charge on any atom is -0.744 e. The first-order valence-corrected chi connectivity index (χ1v) is 7.95. The third-order valence-electron chi connectivity index (χ3n) is 2.95. The second-order valence-electron chi connectivity index (χ2n) is 6.30. The molecule has 0 amide bonds. The van der Waals surface area contributed by atoms with Gasteiger partial charge < -0.3 is 4.55 Å². The lowest BCUT2D eigenvalue weighted by molar-refractivity contribution is 0.0858. The maximum absolute atomic E-state index is 12.3. The van der Waals surface area contributed by atoms with E-state index in [4.69, 9.17) is 0 Å². The Hall–Kier alpha value is -1.66. The van der Waals surface area contributed by atoms with Gasteiger partial charge in [0.05, 0.1) is 4.90 Å². The highest BCUT2D eigenvalue weighted by Crippen LogP contribution is 2.25. The number of hydrogen-bond donors (Lipinski definition) is 0. The summed E-state index contributed by atoms with van der Waals surface area (Å²) in [6.07, 6.45) is 0.